The largest absolute Gasteiger partial charge is 0.456 e. The van der Waals surface area contributed by atoms with Gasteiger partial charge in [-0.1, -0.05) is 17.7 Å². The number of hydrogen-bond donors (Lipinski definition) is 1. The number of carbonyl (C=O) groups is 2. The zero-order valence-electron chi connectivity index (χ0n) is 13.9. The molecule has 0 aliphatic rings. The van der Waals surface area contributed by atoms with E-state index in [1.165, 1.54) is 17.8 Å². The maximum absolute atomic E-state index is 13.1. The summed E-state index contributed by atoms with van der Waals surface area (Å²) in [6, 6.07) is 8.67. The van der Waals surface area contributed by atoms with Gasteiger partial charge in [0.25, 0.3) is 5.91 Å². The molecule has 2 aromatic carbocycles. The number of carbonyl (C=O) groups excluding carboxylic acids is 2. The van der Waals surface area contributed by atoms with Crippen molar-refractivity contribution < 1.29 is 23.1 Å². The van der Waals surface area contributed by atoms with Gasteiger partial charge in [-0.3, -0.25) is 9.59 Å². The Hall–Kier alpha value is -2.12. The first-order chi connectivity index (χ1) is 12.3. The maximum atomic E-state index is 13.1. The van der Waals surface area contributed by atoms with Gasteiger partial charge < -0.3 is 10.1 Å². The zero-order valence-corrected chi connectivity index (χ0v) is 15.4. The Morgan fingerprint density at radius 2 is 1.92 bits per heavy atom. The van der Waals surface area contributed by atoms with E-state index in [-0.39, 0.29) is 6.42 Å². The standard InChI is InChI=1S/C18H16ClF2NO3S/c1-11-2-5-16(13(19)8-11)22-17(23)10-25-18(24)6-7-26-12-3-4-14(20)15(21)9-12/h2-5,8-9H,6-7,10H2,1H3,(H,22,23). The number of rotatable bonds is 7. The molecule has 0 spiro atoms. The molecule has 0 aliphatic carbocycles. The van der Waals surface area contributed by atoms with Crippen LogP contribution in [0.15, 0.2) is 41.3 Å². The number of halogens is 3. The predicted molar refractivity (Wildman–Crippen MR) is 97.5 cm³/mol. The Labute approximate surface area is 158 Å². The van der Waals surface area contributed by atoms with E-state index in [1.807, 2.05) is 6.92 Å². The molecule has 2 rings (SSSR count). The normalized spacial score (nSPS) is 10.5. The molecule has 0 unspecified atom stereocenters. The van der Waals surface area contributed by atoms with Gasteiger partial charge in [-0.25, -0.2) is 8.78 Å². The van der Waals surface area contributed by atoms with Crippen LogP contribution in [0.3, 0.4) is 0 Å². The molecule has 0 saturated heterocycles. The molecule has 2 aromatic rings. The zero-order chi connectivity index (χ0) is 19.1. The first-order valence-corrected chi connectivity index (χ1v) is 9.01. The number of hydrogen-bond acceptors (Lipinski definition) is 4. The van der Waals surface area contributed by atoms with Crippen molar-refractivity contribution in [3.05, 3.63) is 58.6 Å². The number of thioether (sulfide) groups is 1. The van der Waals surface area contributed by atoms with Crippen molar-refractivity contribution in [1.82, 2.24) is 0 Å². The van der Waals surface area contributed by atoms with Crippen molar-refractivity contribution in [2.24, 2.45) is 0 Å². The third-order valence-corrected chi connectivity index (χ3v) is 4.54. The Morgan fingerprint density at radius 3 is 2.62 bits per heavy atom. The summed E-state index contributed by atoms with van der Waals surface area (Å²) in [6.07, 6.45) is 0.0300. The van der Waals surface area contributed by atoms with Crippen LogP contribution in [-0.4, -0.2) is 24.2 Å². The fourth-order valence-electron chi connectivity index (χ4n) is 1.94. The minimum Gasteiger partial charge on any atom is -0.456 e. The van der Waals surface area contributed by atoms with Crippen molar-refractivity contribution in [1.29, 1.82) is 0 Å². The van der Waals surface area contributed by atoms with E-state index in [4.69, 9.17) is 16.3 Å². The average molecular weight is 400 g/mol. The van der Waals surface area contributed by atoms with E-state index in [9.17, 15) is 18.4 Å². The van der Waals surface area contributed by atoms with Gasteiger partial charge in [0.15, 0.2) is 18.2 Å². The second kappa shape index (κ2) is 9.54. The Kier molecular flexibility index (Phi) is 7.41. The van der Waals surface area contributed by atoms with Crippen LogP contribution in [0.2, 0.25) is 5.02 Å². The van der Waals surface area contributed by atoms with Crippen molar-refractivity contribution in [2.75, 3.05) is 17.7 Å². The lowest BCUT2D eigenvalue weighted by Crippen LogP contribution is -2.21. The fraction of sp³-hybridized carbons (Fsp3) is 0.222. The summed E-state index contributed by atoms with van der Waals surface area (Å²) in [6.45, 7) is 1.44. The molecule has 0 aliphatic heterocycles. The van der Waals surface area contributed by atoms with Crippen molar-refractivity contribution in [3.8, 4) is 0 Å². The van der Waals surface area contributed by atoms with Gasteiger partial charge in [-0.2, -0.15) is 0 Å². The highest BCUT2D eigenvalue weighted by atomic mass is 35.5. The SMILES string of the molecule is Cc1ccc(NC(=O)COC(=O)CCSc2ccc(F)c(F)c2)c(Cl)c1. The van der Waals surface area contributed by atoms with Gasteiger partial charge in [0, 0.05) is 10.6 Å². The third kappa shape index (κ3) is 6.31. The lowest BCUT2D eigenvalue weighted by atomic mass is 10.2. The van der Waals surface area contributed by atoms with E-state index in [2.05, 4.69) is 5.32 Å². The molecule has 0 saturated carbocycles. The minimum atomic E-state index is -0.941. The molecule has 0 fully saturated rings. The molecule has 26 heavy (non-hydrogen) atoms. The summed E-state index contributed by atoms with van der Waals surface area (Å²) in [5.74, 6) is -2.62. The fourth-order valence-corrected chi connectivity index (χ4v) is 3.08. The minimum absolute atomic E-state index is 0.0300. The molecular weight excluding hydrogens is 384 g/mol. The van der Waals surface area contributed by atoms with E-state index in [0.29, 0.717) is 21.4 Å². The molecule has 138 valence electrons. The van der Waals surface area contributed by atoms with Gasteiger partial charge >= 0.3 is 5.97 Å². The number of nitrogens with one attached hydrogen (secondary N) is 1. The average Bonchev–Trinajstić information content (AvgIpc) is 2.59. The summed E-state index contributed by atoms with van der Waals surface area (Å²) >= 11 is 7.19. The summed E-state index contributed by atoms with van der Waals surface area (Å²) in [5, 5.41) is 2.95. The van der Waals surface area contributed by atoms with Crippen LogP contribution in [0.1, 0.15) is 12.0 Å². The Balaban J connectivity index is 1.70. The van der Waals surface area contributed by atoms with Crippen molar-refractivity contribution in [2.45, 2.75) is 18.2 Å². The van der Waals surface area contributed by atoms with E-state index >= 15 is 0 Å². The molecule has 0 atom stereocenters. The van der Waals surface area contributed by atoms with Crippen LogP contribution < -0.4 is 5.32 Å². The highest BCUT2D eigenvalue weighted by Crippen LogP contribution is 2.23. The van der Waals surface area contributed by atoms with E-state index in [1.54, 1.807) is 18.2 Å². The molecule has 1 amide bonds. The van der Waals surface area contributed by atoms with Crippen molar-refractivity contribution >= 4 is 40.9 Å². The highest BCUT2D eigenvalue weighted by Gasteiger charge is 2.10. The first kappa shape index (κ1) is 20.2. The molecule has 1 N–H and O–H groups in total. The number of benzene rings is 2. The number of esters is 1. The molecule has 0 radical (unpaired) electrons. The summed E-state index contributed by atoms with van der Waals surface area (Å²) in [4.78, 5) is 23.9. The second-order valence-corrected chi connectivity index (χ2v) is 6.94. The van der Waals surface area contributed by atoms with Crippen LogP contribution in [0.4, 0.5) is 14.5 Å². The predicted octanol–water partition coefficient (Wildman–Crippen LogP) is 4.59. The van der Waals surface area contributed by atoms with E-state index < -0.39 is 30.1 Å². The lowest BCUT2D eigenvalue weighted by Gasteiger charge is -2.08. The van der Waals surface area contributed by atoms with Crippen LogP contribution in [0, 0.1) is 18.6 Å². The Bertz CT molecular complexity index is 817. The van der Waals surface area contributed by atoms with Crippen LogP contribution in [0.5, 0.6) is 0 Å². The van der Waals surface area contributed by atoms with Crippen LogP contribution in [0.25, 0.3) is 0 Å². The van der Waals surface area contributed by atoms with Crippen LogP contribution >= 0.6 is 23.4 Å². The first-order valence-electron chi connectivity index (χ1n) is 7.64. The topological polar surface area (TPSA) is 55.4 Å². The monoisotopic (exact) mass is 399 g/mol. The lowest BCUT2D eigenvalue weighted by molar-refractivity contribution is -0.146. The van der Waals surface area contributed by atoms with Gasteiger partial charge in [0.2, 0.25) is 0 Å². The van der Waals surface area contributed by atoms with Gasteiger partial charge in [0.05, 0.1) is 17.1 Å². The third-order valence-electron chi connectivity index (χ3n) is 3.23. The number of amides is 1. The quantitative estimate of drug-likeness (QED) is 0.546. The number of anilines is 1. The maximum Gasteiger partial charge on any atom is 0.307 e. The van der Waals surface area contributed by atoms with Gasteiger partial charge in [0.1, 0.15) is 0 Å². The molecule has 4 nitrogen and oxygen atoms in total. The highest BCUT2D eigenvalue weighted by molar-refractivity contribution is 7.99. The molecule has 0 bridgehead atoms. The number of aryl methyl sites for hydroxylation is 1. The molecule has 8 heteroatoms. The van der Waals surface area contributed by atoms with Gasteiger partial charge in [-0.15, -0.1) is 11.8 Å². The second-order valence-electron chi connectivity index (χ2n) is 5.37. The Morgan fingerprint density at radius 1 is 1.15 bits per heavy atom. The molecule has 0 aromatic heterocycles. The van der Waals surface area contributed by atoms with E-state index in [0.717, 1.165) is 17.7 Å². The summed E-state index contributed by atoms with van der Waals surface area (Å²) < 4.78 is 30.8. The number of ether oxygens (including phenoxy) is 1. The van der Waals surface area contributed by atoms with Crippen LogP contribution in [-0.2, 0) is 14.3 Å². The molecular formula is C18H16ClF2NO3S. The molecule has 0 heterocycles. The summed E-state index contributed by atoms with van der Waals surface area (Å²) in [7, 11) is 0. The summed E-state index contributed by atoms with van der Waals surface area (Å²) in [5.41, 5.74) is 1.39. The van der Waals surface area contributed by atoms with Gasteiger partial charge in [-0.05, 0) is 42.8 Å². The van der Waals surface area contributed by atoms with Crippen molar-refractivity contribution in [3.63, 3.8) is 0 Å². The smallest absolute Gasteiger partial charge is 0.307 e.